The lowest BCUT2D eigenvalue weighted by atomic mass is 9.97. The van der Waals surface area contributed by atoms with E-state index in [4.69, 9.17) is 0 Å². The number of anilines is 1. The average Bonchev–Trinajstić information content (AvgIpc) is 3.05. The molecule has 8 nitrogen and oxygen atoms in total. The van der Waals surface area contributed by atoms with Gasteiger partial charge in [-0.1, -0.05) is 6.07 Å². The Kier molecular flexibility index (Phi) is 6.39. The van der Waals surface area contributed by atoms with Gasteiger partial charge in [-0.15, -0.1) is 0 Å². The molecule has 0 aromatic carbocycles. The summed E-state index contributed by atoms with van der Waals surface area (Å²) >= 11 is 0.893. The molecule has 2 aromatic rings. The maximum atomic E-state index is 11.7. The molecule has 2 fully saturated rings. The van der Waals surface area contributed by atoms with E-state index in [0.29, 0.717) is 22.5 Å². The molecular formula is C21H24N6O2S. The lowest BCUT2D eigenvalue weighted by molar-refractivity contribution is -0.115. The normalized spacial score (nSPS) is 18.8. The molecule has 0 radical (unpaired) electrons. The first kappa shape index (κ1) is 20.5. The molecule has 30 heavy (non-hydrogen) atoms. The van der Waals surface area contributed by atoms with Crippen LogP contribution in [0.4, 0.5) is 10.7 Å². The molecule has 156 valence electrons. The van der Waals surface area contributed by atoms with Crippen LogP contribution in [0.2, 0.25) is 0 Å². The first-order valence-electron chi connectivity index (χ1n) is 10.0. The third kappa shape index (κ3) is 5.22. The van der Waals surface area contributed by atoms with Gasteiger partial charge in [0.25, 0.3) is 11.1 Å². The van der Waals surface area contributed by atoms with E-state index in [1.165, 1.54) is 0 Å². The van der Waals surface area contributed by atoms with Gasteiger partial charge in [0.1, 0.15) is 0 Å². The Hall–Kier alpha value is -2.78. The molecule has 4 rings (SSSR count). The van der Waals surface area contributed by atoms with Gasteiger partial charge in [-0.3, -0.25) is 19.9 Å². The Balaban J connectivity index is 1.28. The van der Waals surface area contributed by atoms with Crippen molar-refractivity contribution in [2.45, 2.75) is 26.3 Å². The van der Waals surface area contributed by atoms with Gasteiger partial charge in [0, 0.05) is 31.5 Å². The molecule has 4 heterocycles. The van der Waals surface area contributed by atoms with Crippen molar-refractivity contribution in [3.63, 3.8) is 0 Å². The summed E-state index contributed by atoms with van der Waals surface area (Å²) in [5.41, 5.74) is 2.74. The molecule has 0 aliphatic carbocycles. The Morgan fingerprint density at radius 2 is 2.07 bits per heavy atom. The molecule has 2 amide bonds. The summed E-state index contributed by atoms with van der Waals surface area (Å²) in [4.78, 5) is 39.0. The topological polar surface area (TPSA) is 100 Å². The van der Waals surface area contributed by atoms with Gasteiger partial charge >= 0.3 is 0 Å². The number of hydrogen-bond acceptors (Lipinski definition) is 8. The summed E-state index contributed by atoms with van der Waals surface area (Å²) in [6, 6.07) is 7.83. The van der Waals surface area contributed by atoms with Gasteiger partial charge in [-0.2, -0.15) is 0 Å². The number of nitrogens with one attached hydrogen (secondary N) is 2. The van der Waals surface area contributed by atoms with Gasteiger partial charge in [-0.05, 0) is 68.3 Å². The molecule has 2 N–H and O–H groups in total. The van der Waals surface area contributed by atoms with Crippen molar-refractivity contribution in [1.29, 1.82) is 0 Å². The van der Waals surface area contributed by atoms with E-state index in [1.807, 2.05) is 25.1 Å². The number of aryl methyl sites for hydroxylation is 1. The van der Waals surface area contributed by atoms with E-state index < -0.39 is 0 Å². The first-order chi connectivity index (χ1) is 14.6. The fraction of sp³-hybridized carbons (Fsp3) is 0.381. The molecule has 0 unspecified atom stereocenters. The zero-order chi connectivity index (χ0) is 20.9. The molecule has 0 atom stereocenters. The highest BCUT2D eigenvalue weighted by Crippen LogP contribution is 2.26. The van der Waals surface area contributed by atoms with Crippen LogP contribution in [0.15, 0.2) is 35.4 Å². The largest absolute Gasteiger partial charge is 0.341 e. The molecule has 2 saturated heterocycles. The lowest BCUT2D eigenvalue weighted by Gasteiger charge is -2.32. The molecule has 2 aliphatic heterocycles. The van der Waals surface area contributed by atoms with E-state index in [-0.39, 0.29) is 11.1 Å². The summed E-state index contributed by atoms with van der Waals surface area (Å²) in [5.74, 6) is 0.898. The van der Waals surface area contributed by atoms with Crippen molar-refractivity contribution >= 4 is 34.9 Å². The zero-order valence-electron chi connectivity index (χ0n) is 16.8. The van der Waals surface area contributed by atoms with Crippen LogP contribution in [0.1, 0.15) is 29.9 Å². The van der Waals surface area contributed by atoms with Crippen molar-refractivity contribution in [2.75, 3.05) is 24.5 Å². The summed E-state index contributed by atoms with van der Waals surface area (Å²) in [6.07, 6.45) is 5.45. The van der Waals surface area contributed by atoms with Crippen LogP contribution in [0.25, 0.3) is 6.08 Å². The second kappa shape index (κ2) is 9.36. The Bertz CT molecular complexity index is 971. The Morgan fingerprint density at radius 3 is 2.80 bits per heavy atom. The minimum absolute atomic E-state index is 0.352. The average molecular weight is 425 g/mol. The number of rotatable bonds is 6. The molecule has 2 aliphatic rings. The maximum absolute atomic E-state index is 11.7. The number of nitrogens with zero attached hydrogens (tertiary/aromatic N) is 4. The van der Waals surface area contributed by atoms with Gasteiger partial charge < -0.3 is 10.2 Å². The molecule has 0 spiro atoms. The number of amides is 2. The van der Waals surface area contributed by atoms with Gasteiger partial charge in [0.15, 0.2) is 0 Å². The van der Waals surface area contributed by atoms with E-state index >= 15 is 0 Å². The Labute approximate surface area is 179 Å². The summed E-state index contributed by atoms with van der Waals surface area (Å²) in [5, 5.41) is 5.42. The third-order valence-corrected chi connectivity index (χ3v) is 5.98. The predicted molar refractivity (Wildman–Crippen MR) is 117 cm³/mol. The van der Waals surface area contributed by atoms with E-state index in [0.717, 1.165) is 62.2 Å². The molecule has 9 heteroatoms. The fourth-order valence-corrected chi connectivity index (χ4v) is 4.26. The second-order valence-electron chi connectivity index (χ2n) is 7.47. The minimum Gasteiger partial charge on any atom is -0.341 e. The van der Waals surface area contributed by atoms with Crippen molar-refractivity contribution in [1.82, 2.24) is 25.6 Å². The smallest absolute Gasteiger partial charge is 0.290 e. The van der Waals surface area contributed by atoms with Crippen molar-refractivity contribution in [3.05, 3.63) is 52.4 Å². The van der Waals surface area contributed by atoms with Gasteiger partial charge in [0.05, 0.1) is 16.3 Å². The number of imide groups is 1. The number of pyridine rings is 1. The number of aromatic nitrogens is 3. The van der Waals surface area contributed by atoms with Crippen LogP contribution in [0.3, 0.4) is 0 Å². The fourth-order valence-electron chi connectivity index (χ4n) is 3.59. The number of carbonyl (C=O) groups excluding carboxylic acids is 2. The minimum atomic E-state index is -0.376. The third-order valence-electron chi connectivity index (χ3n) is 5.17. The highest BCUT2D eigenvalue weighted by Gasteiger charge is 2.25. The number of hydrogen-bond donors (Lipinski definition) is 2. The van der Waals surface area contributed by atoms with E-state index in [1.54, 1.807) is 18.3 Å². The van der Waals surface area contributed by atoms with Crippen LogP contribution in [0.5, 0.6) is 0 Å². The number of carbonyl (C=O) groups is 2. The van der Waals surface area contributed by atoms with E-state index in [2.05, 4.69) is 30.5 Å². The van der Waals surface area contributed by atoms with Crippen LogP contribution in [0, 0.1) is 12.8 Å². The van der Waals surface area contributed by atoms with Crippen LogP contribution in [-0.2, 0) is 11.3 Å². The number of thioether (sulfide) groups is 1. The summed E-state index contributed by atoms with van der Waals surface area (Å²) in [6.45, 7) is 5.55. The number of piperidine rings is 1. The molecule has 0 saturated carbocycles. The standard InChI is InChI=1S/C21H24N6O2S/c1-14-3-2-4-17(24-14)13-22-12-15-6-9-27(10-7-15)20-23-8-5-16(25-20)11-18-19(28)26-21(29)30-18/h2-5,8,11,15,22H,6-7,9-10,12-13H2,1H3,(H,26,28,29). The highest BCUT2D eigenvalue weighted by atomic mass is 32.2. The molecule has 2 aromatic heterocycles. The summed E-state index contributed by atoms with van der Waals surface area (Å²) < 4.78 is 0. The SMILES string of the molecule is Cc1cccc(CNCC2CCN(c3nccc(C=C4SC(=O)NC4=O)n3)CC2)n1. The van der Waals surface area contributed by atoms with Crippen molar-refractivity contribution < 1.29 is 9.59 Å². The summed E-state index contributed by atoms with van der Waals surface area (Å²) in [7, 11) is 0. The van der Waals surface area contributed by atoms with E-state index in [9.17, 15) is 9.59 Å². The van der Waals surface area contributed by atoms with Crippen LogP contribution < -0.4 is 15.5 Å². The highest BCUT2D eigenvalue weighted by molar-refractivity contribution is 8.18. The van der Waals surface area contributed by atoms with Crippen LogP contribution in [-0.4, -0.2) is 45.7 Å². The van der Waals surface area contributed by atoms with Crippen LogP contribution >= 0.6 is 11.8 Å². The predicted octanol–water partition coefficient (Wildman–Crippen LogP) is 2.51. The molecular weight excluding hydrogens is 400 g/mol. The molecule has 0 bridgehead atoms. The van der Waals surface area contributed by atoms with Crippen molar-refractivity contribution in [2.24, 2.45) is 5.92 Å². The quantitative estimate of drug-likeness (QED) is 0.683. The maximum Gasteiger partial charge on any atom is 0.290 e. The first-order valence-corrected chi connectivity index (χ1v) is 10.8. The zero-order valence-corrected chi connectivity index (χ0v) is 17.6. The lowest BCUT2D eigenvalue weighted by Crippen LogP contribution is -2.38. The van der Waals surface area contributed by atoms with Gasteiger partial charge in [0.2, 0.25) is 5.95 Å². The van der Waals surface area contributed by atoms with Crippen molar-refractivity contribution in [3.8, 4) is 0 Å². The second-order valence-corrected chi connectivity index (χ2v) is 8.48. The monoisotopic (exact) mass is 424 g/mol. The van der Waals surface area contributed by atoms with Gasteiger partial charge in [-0.25, -0.2) is 9.97 Å². The Morgan fingerprint density at radius 1 is 1.23 bits per heavy atom.